The van der Waals surface area contributed by atoms with Gasteiger partial charge in [0.1, 0.15) is 22.1 Å². The molecule has 0 bridgehead atoms. The van der Waals surface area contributed by atoms with E-state index in [0.717, 1.165) is 16.9 Å². The molecule has 0 saturated carbocycles. The van der Waals surface area contributed by atoms with Crippen molar-refractivity contribution in [3.8, 4) is 11.5 Å². The van der Waals surface area contributed by atoms with E-state index in [2.05, 4.69) is 0 Å². The lowest BCUT2D eigenvalue weighted by Crippen LogP contribution is -2.20. The molecule has 0 unspecified atom stereocenters. The first-order chi connectivity index (χ1) is 13.8. The number of hydrogen-bond donors (Lipinski definition) is 0. The largest absolute Gasteiger partial charge is 0.497 e. The second-order valence-electron chi connectivity index (χ2n) is 6.10. The number of rotatable bonds is 7. The molecule has 0 aliphatic rings. The number of sulfone groups is 1. The maximum Gasteiger partial charge on any atom is 0.251 e. The minimum Gasteiger partial charge on any atom is -0.497 e. The Morgan fingerprint density at radius 2 is 1.79 bits per heavy atom. The van der Waals surface area contributed by atoms with Crippen LogP contribution in [0.15, 0.2) is 64.3 Å². The summed E-state index contributed by atoms with van der Waals surface area (Å²) in [5.74, 6) is -0.277. The first-order valence-corrected chi connectivity index (χ1v) is 11.0. The molecular formula is C21H18O6S2. The lowest BCUT2D eigenvalue weighted by Gasteiger charge is -2.07. The van der Waals surface area contributed by atoms with Crippen LogP contribution in [0.3, 0.4) is 0 Å². The van der Waals surface area contributed by atoms with Crippen molar-refractivity contribution in [1.82, 2.24) is 0 Å². The predicted octanol–water partition coefficient (Wildman–Crippen LogP) is 3.33. The highest BCUT2D eigenvalue weighted by Crippen LogP contribution is 2.28. The van der Waals surface area contributed by atoms with Crippen LogP contribution in [-0.2, 0) is 14.6 Å². The molecule has 8 heteroatoms. The van der Waals surface area contributed by atoms with E-state index >= 15 is 0 Å². The van der Waals surface area contributed by atoms with Crippen molar-refractivity contribution in [2.24, 2.45) is 0 Å². The topological polar surface area (TPSA) is 86.7 Å². The van der Waals surface area contributed by atoms with Gasteiger partial charge in [-0.3, -0.25) is 9.59 Å². The molecule has 3 aromatic rings. The quantitative estimate of drug-likeness (QED) is 0.535. The van der Waals surface area contributed by atoms with Crippen molar-refractivity contribution in [2.45, 2.75) is 4.90 Å². The van der Waals surface area contributed by atoms with Gasteiger partial charge in [-0.2, -0.15) is 0 Å². The van der Waals surface area contributed by atoms with Crippen LogP contribution < -0.4 is 14.2 Å². The van der Waals surface area contributed by atoms with Gasteiger partial charge in [-0.05, 0) is 42.0 Å². The fourth-order valence-electron chi connectivity index (χ4n) is 2.71. The van der Waals surface area contributed by atoms with Crippen LogP contribution in [0, 0.1) is 0 Å². The van der Waals surface area contributed by atoms with Crippen LogP contribution in [0.4, 0.5) is 0 Å². The third-order valence-electron chi connectivity index (χ3n) is 4.17. The smallest absolute Gasteiger partial charge is 0.251 e. The average molecular weight is 431 g/mol. The summed E-state index contributed by atoms with van der Waals surface area (Å²) in [6, 6.07) is 13.3. The number of carbonyl (C=O) groups excluding carboxylic acids is 1. The van der Waals surface area contributed by atoms with E-state index < -0.39 is 31.0 Å². The SMILES string of the molecule is COc1ccc(C=CC(=O)CS(=O)(=O)c2cc3c(OC)cccc3sc2=O)cc1. The maximum atomic E-state index is 12.7. The molecular weight excluding hydrogens is 412 g/mol. The molecule has 0 atom stereocenters. The van der Waals surface area contributed by atoms with Crippen molar-refractivity contribution in [2.75, 3.05) is 20.0 Å². The van der Waals surface area contributed by atoms with Gasteiger partial charge in [-0.1, -0.05) is 35.6 Å². The lowest BCUT2D eigenvalue weighted by molar-refractivity contribution is -0.112. The zero-order valence-electron chi connectivity index (χ0n) is 15.7. The van der Waals surface area contributed by atoms with Gasteiger partial charge in [0.05, 0.1) is 14.2 Å². The highest BCUT2D eigenvalue weighted by molar-refractivity contribution is 7.92. The van der Waals surface area contributed by atoms with Crippen LogP contribution >= 0.6 is 11.3 Å². The first kappa shape index (κ1) is 20.8. The Bertz CT molecular complexity index is 1240. The highest BCUT2D eigenvalue weighted by atomic mass is 32.2. The molecule has 0 N–H and O–H groups in total. The second kappa shape index (κ2) is 8.59. The summed E-state index contributed by atoms with van der Waals surface area (Å²) in [7, 11) is -1.09. The summed E-state index contributed by atoms with van der Waals surface area (Å²) in [4.78, 5) is 24.2. The molecule has 1 aromatic heterocycles. The van der Waals surface area contributed by atoms with E-state index in [1.807, 2.05) is 0 Å². The Morgan fingerprint density at radius 1 is 1.07 bits per heavy atom. The summed E-state index contributed by atoms with van der Waals surface area (Å²) in [5, 5.41) is 0.513. The molecule has 0 saturated heterocycles. The van der Waals surface area contributed by atoms with Crippen LogP contribution in [-0.4, -0.2) is 34.2 Å². The van der Waals surface area contributed by atoms with Crippen molar-refractivity contribution in [1.29, 1.82) is 0 Å². The van der Waals surface area contributed by atoms with Crippen LogP contribution in [0.25, 0.3) is 16.2 Å². The van der Waals surface area contributed by atoms with Crippen molar-refractivity contribution in [3.63, 3.8) is 0 Å². The number of allylic oxidation sites excluding steroid dienone is 1. The van der Waals surface area contributed by atoms with E-state index in [1.54, 1.807) is 49.6 Å². The van der Waals surface area contributed by atoms with Gasteiger partial charge in [0, 0.05) is 10.1 Å². The van der Waals surface area contributed by atoms with Crippen LogP contribution in [0.5, 0.6) is 11.5 Å². The number of hydrogen-bond acceptors (Lipinski definition) is 7. The molecule has 0 aliphatic heterocycles. The van der Waals surface area contributed by atoms with E-state index in [0.29, 0.717) is 21.6 Å². The fraction of sp³-hybridized carbons (Fsp3) is 0.143. The minimum atomic E-state index is -4.10. The number of carbonyl (C=O) groups is 1. The van der Waals surface area contributed by atoms with Gasteiger partial charge in [0.15, 0.2) is 15.6 Å². The van der Waals surface area contributed by atoms with Crippen molar-refractivity contribution in [3.05, 3.63) is 69.7 Å². The average Bonchev–Trinajstić information content (AvgIpc) is 2.71. The zero-order valence-corrected chi connectivity index (χ0v) is 17.4. The number of benzene rings is 2. The van der Waals surface area contributed by atoms with Crippen LogP contribution in [0.2, 0.25) is 0 Å². The Hall–Kier alpha value is -2.97. The van der Waals surface area contributed by atoms with Gasteiger partial charge < -0.3 is 9.47 Å². The van der Waals surface area contributed by atoms with Crippen molar-refractivity contribution >= 4 is 43.1 Å². The molecule has 0 spiro atoms. The normalized spacial score (nSPS) is 11.7. The van der Waals surface area contributed by atoms with Gasteiger partial charge in [0.25, 0.3) is 4.74 Å². The summed E-state index contributed by atoms with van der Waals surface area (Å²) < 4.78 is 35.7. The summed E-state index contributed by atoms with van der Waals surface area (Å²) >= 11 is 0.810. The Kier molecular flexibility index (Phi) is 6.14. The molecule has 2 aromatic carbocycles. The van der Waals surface area contributed by atoms with Gasteiger partial charge in [-0.25, -0.2) is 8.42 Å². The number of methoxy groups -OCH3 is 2. The zero-order chi connectivity index (χ0) is 21.0. The number of fused-ring (bicyclic) bond motifs is 1. The Labute approximate surface area is 171 Å². The number of ketones is 1. The van der Waals surface area contributed by atoms with E-state index in [1.165, 1.54) is 25.3 Å². The Morgan fingerprint density at radius 3 is 2.45 bits per heavy atom. The second-order valence-corrected chi connectivity index (χ2v) is 9.07. The van der Waals surface area contributed by atoms with Gasteiger partial charge in [-0.15, -0.1) is 0 Å². The van der Waals surface area contributed by atoms with E-state index in [9.17, 15) is 18.0 Å². The molecule has 0 fully saturated rings. The summed E-state index contributed by atoms with van der Waals surface area (Å²) in [6.45, 7) is 0. The Balaban J connectivity index is 1.86. The van der Waals surface area contributed by atoms with E-state index in [-0.39, 0.29) is 0 Å². The maximum absolute atomic E-state index is 12.7. The standard InChI is InChI=1S/C21H18O6S2/c1-26-16-10-7-14(8-11-16)6-9-15(22)13-29(24,25)20-12-17-18(27-2)4-3-5-19(17)28-21(20)23/h3-12H,13H2,1-2H3. The molecule has 0 amide bonds. The summed E-state index contributed by atoms with van der Waals surface area (Å²) in [5.41, 5.74) is 0.721. The minimum absolute atomic E-state index is 0.398. The first-order valence-electron chi connectivity index (χ1n) is 8.52. The van der Waals surface area contributed by atoms with Crippen molar-refractivity contribution < 1.29 is 22.7 Å². The molecule has 0 radical (unpaired) electrons. The molecule has 1 heterocycles. The third kappa shape index (κ3) is 4.72. The number of ether oxygens (including phenoxy) is 2. The van der Waals surface area contributed by atoms with Gasteiger partial charge in [0.2, 0.25) is 0 Å². The lowest BCUT2D eigenvalue weighted by atomic mass is 10.2. The molecule has 29 heavy (non-hydrogen) atoms. The third-order valence-corrected chi connectivity index (χ3v) is 6.92. The monoisotopic (exact) mass is 430 g/mol. The highest BCUT2D eigenvalue weighted by Gasteiger charge is 2.23. The van der Waals surface area contributed by atoms with E-state index in [4.69, 9.17) is 9.47 Å². The summed E-state index contributed by atoms with van der Waals surface area (Å²) in [6.07, 6.45) is 2.70. The van der Waals surface area contributed by atoms with Crippen LogP contribution in [0.1, 0.15) is 5.56 Å². The fourth-order valence-corrected chi connectivity index (χ4v) is 5.17. The molecule has 3 rings (SSSR count). The molecule has 6 nitrogen and oxygen atoms in total. The molecule has 0 aliphatic carbocycles. The molecule has 150 valence electrons. The predicted molar refractivity (Wildman–Crippen MR) is 114 cm³/mol. The van der Waals surface area contributed by atoms with Gasteiger partial charge >= 0.3 is 0 Å².